The number of hydrogen-bond acceptors (Lipinski definition) is 4. The van der Waals surface area contributed by atoms with Gasteiger partial charge in [0.25, 0.3) is 0 Å². The monoisotopic (exact) mass is 265 g/mol. The van der Waals surface area contributed by atoms with Gasteiger partial charge in [-0.1, -0.05) is 0 Å². The van der Waals surface area contributed by atoms with E-state index in [4.69, 9.17) is 10.8 Å². The van der Waals surface area contributed by atoms with Crippen molar-refractivity contribution in [2.75, 3.05) is 5.32 Å². The van der Waals surface area contributed by atoms with Crippen molar-refractivity contribution in [2.24, 2.45) is 11.1 Å². The molecule has 0 atom stereocenters. The Kier molecular flexibility index (Phi) is 3.95. The fourth-order valence-corrected chi connectivity index (χ4v) is 1.21. The Bertz CT molecular complexity index is 504. The number of aromatic nitrogens is 1. The van der Waals surface area contributed by atoms with E-state index in [1.54, 1.807) is 27.7 Å². The number of nitrogens with two attached hydrogens (primary N) is 1. The lowest BCUT2D eigenvalue weighted by Gasteiger charge is -2.36. The summed E-state index contributed by atoms with van der Waals surface area (Å²) in [7, 11) is 0. The molecular formula is C13H19N3O3. The van der Waals surface area contributed by atoms with Crippen LogP contribution in [0.1, 0.15) is 38.1 Å². The van der Waals surface area contributed by atoms with Gasteiger partial charge in [-0.25, -0.2) is 4.79 Å². The molecule has 0 spiro atoms. The molecule has 0 fully saturated rings. The van der Waals surface area contributed by atoms with E-state index in [2.05, 4.69) is 10.3 Å². The van der Waals surface area contributed by atoms with Gasteiger partial charge in [0.05, 0.1) is 22.9 Å². The highest BCUT2D eigenvalue weighted by Crippen LogP contribution is 2.29. The maximum atomic E-state index is 12.2. The number of hydrogen-bond donors (Lipinski definition) is 3. The molecule has 0 aliphatic carbocycles. The van der Waals surface area contributed by atoms with Crippen LogP contribution >= 0.6 is 0 Å². The van der Waals surface area contributed by atoms with Gasteiger partial charge in [0.2, 0.25) is 5.91 Å². The molecule has 0 aliphatic rings. The van der Waals surface area contributed by atoms with E-state index in [0.29, 0.717) is 5.69 Å². The number of pyridine rings is 1. The van der Waals surface area contributed by atoms with E-state index >= 15 is 0 Å². The molecule has 0 saturated carbocycles. The molecule has 1 aromatic rings. The zero-order valence-corrected chi connectivity index (χ0v) is 11.5. The van der Waals surface area contributed by atoms with Crippen LogP contribution in [0.4, 0.5) is 5.69 Å². The van der Waals surface area contributed by atoms with Gasteiger partial charge in [-0.3, -0.25) is 9.78 Å². The van der Waals surface area contributed by atoms with E-state index in [1.807, 2.05) is 0 Å². The molecule has 104 valence electrons. The molecule has 1 heterocycles. The van der Waals surface area contributed by atoms with Crippen LogP contribution < -0.4 is 11.1 Å². The average Bonchev–Trinajstić information content (AvgIpc) is 2.27. The van der Waals surface area contributed by atoms with Gasteiger partial charge in [0, 0.05) is 11.7 Å². The second-order valence-corrected chi connectivity index (χ2v) is 5.57. The van der Waals surface area contributed by atoms with Crippen LogP contribution in [0, 0.1) is 5.41 Å². The Morgan fingerprint density at radius 2 is 1.84 bits per heavy atom. The van der Waals surface area contributed by atoms with Crippen molar-refractivity contribution in [3.05, 3.63) is 24.0 Å². The number of amides is 1. The molecular weight excluding hydrogens is 246 g/mol. The SMILES string of the molecule is CC(C)(N)C(C)(C)C(=O)Nc1cncc(C(=O)O)c1. The first kappa shape index (κ1) is 15.1. The largest absolute Gasteiger partial charge is 0.478 e. The predicted molar refractivity (Wildman–Crippen MR) is 71.9 cm³/mol. The van der Waals surface area contributed by atoms with Gasteiger partial charge >= 0.3 is 5.97 Å². The van der Waals surface area contributed by atoms with Crippen molar-refractivity contribution in [3.8, 4) is 0 Å². The van der Waals surface area contributed by atoms with Crippen LogP contribution in [-0.4, -0.2) is 27.5 Å². The van der Waals surface area contributed by atoms with Gasteiger partial charge in [-0.15, -0.1) is 0 Å². The van der Waals surface area contributed by atoms with Gasteiger partial charge in [0.15, 0.2) is 0 Å². The first-order chi connectivity index (χ1) is 8.55. The second-order valence-electron chi connectivity index (χ2n) is 5.57. The minimum absolute atomic E-state index is 0.0163. The third kappa shape index (κ3) is 3.29. The molecule has 1 rings (SSSR count). The Morgan fingerprint density at radius 1 is 1.26 bits per heavy atom. The summed E-state index contributed by atoms with van der Waals surface area (Å²) in [5.74, 6) is -1.38. The van der Waals surface area contributed by atoms with Crippen LogP contribution in [0.15, 0.2) is 18.5 Å². The fraction of sp³-hybridized carbons (Fsp3) is 0.462. The standard InChI is InChI=1S/C13H19N3O3/c1-12(2,13(3,4)14)11(19)16-9-5-8(10(17)18)6-15-7-9/h5-7H,14H2,1-4H3,(H,16,19)(H,17,18). The third-order valence-electron chi connectivity index (χ3n) is 3.42. The number of nitrogens with one attached hydrogen (secondary N) is 1. The Labute approximate surface area is 112 Å². The highest BCUT2D eigenvalue weighted by molar-refractivity contribution is 5.97. The van der Waals surface area contributed by atoms with Crippen LogP contribution in [-0.2, 0) is 4.79 Å². The van der Waals surface area contributed by atoms with Gasteiger partial charge in [-0.2, -0.15) is 0 Å². The number of carboxylic acid groups (broad SMARTS) is 1. The zero-order valence-electron chi connectivity index (χ0n) is 11.5. The normalized spacial score (nSPS) is 12.1. The summed E-state index contributed by atoms with van der Waals surface area (Å²) >= 11 is 0. The molecule has 19 heavy (non-hydrogen) atoms. The first-order valence-corrected chi connectivity index (χ1v) is 5.84. The lowest BCUT2D eigenvalue weighted by Crippen LogP contribution is -2.53. The highest BCUT2D eigenvalue weighted by Gasteiger charge is 2.40. The van der Waals surface area contributed by atoms with E-state index in [0.717, 1.165) is 0 Å². The van der Waals surface area contributed by atoms with Crippen molar-refractivity contribution in [1.29, 1.82) is 0 Å². The minimum atomic E-state index is -1.10. The van der Waals surface area contributed by atoms with Crippen LogP contribution in [0.3, 0.4) is 0 Å². The van der Waals surface area contributed by atoms with Crippen molar-refractivity contribution >= 4 is 17.6 Å². The van der Waals surface area contributed by atoms with Gasteiger partial charge in [0.1, 0.15) is 0 Å². The quantitative estimate of drug-likeness (QED) is 0.764. The molecule has 0 bridgehead atoms. The van der Waals surface area contributed by atoms with E-state index < -0.39 is 16.9 Å². The van der Waals surface area contributed by atoms with Crippen molar-refractivity contribution < 1.29 is 14.7 Å². The number of carboxylic acids is 1. The lowest BCUT2D eigenvalue weighted by molar-refractivity contribution is -0.126. The van der Waals surface area contributed by atoms with Gasteiger partial charge < -0.3 is 16.2 Å². The summed E-state index contributed by atoms with van der Waals surface area (Å²) in [4.78, 5) is 26.8. The summed E-state index contributed by atoms with van der Waals surface area (Å²) in [5, 5.41) is 11.5. The number of rotatable bonds is 4. The second kappa shape index (κ2) is 4.97. The first-order valence-electron chi connectivity index (χ1n) is 5.84. The predicted octanol–water partition coefficient (Wildman–Crippen LogP) is 1.48. The van der Waals surface area contributed by atoms with Crippen LogP contribution in [0.2, 0.25) is 0 Å². The molecule has 6 nitrogen and oxygen atoms in total. The molecule has 6 heteroatoms. The Morgan fingerprint density at radius 3 is 2.32 bits per heavy atom. The molecule has 0 saturated heterocycles. The minimum Gasteiger partial charge on any atom is -0.478 e. The average molecular weight is 265 g/mol. The number of aromatic carboxylic acids is 1. The molecule has 0 radical (unpaired) electrons. The number of carbonyl (C=O) groups is 2. The maximum absolute atomic E-state index is 12.2. The number of nitrogens with zero attached hydrogens (tertiary/aromatic N) is 1. The maximum Gasteiger partial charge on any atom is 0.337 e. The molecule has 0 aliphatic heterocycles. The molecule has 4 N–H and O–H groups in total. The highest BCUT2D eigenvalue weighted by atomic mass is 16.4. The lowest BCUT2D eigenvalue weighted by atomic mass is 9.74. The zero-order chi connectivity index (χ0) is 14.8. The van der Waals surface area contributed by atoms with Crippen LogP contribution in [0.25, 0.3) is 0 Å². The van der Waals surface area contributed by atoms with Crippen molar-refractivity contribution in [1.82, 2.24) is 4.98 Å². The summed E-state index contributed by atoms with van der Waals surface area (Å²) in [6.07, 6.45) is 2.61. The van der Waals surface area contributed by atoms with E-state index in [1.165, 1.54) is 18.5 Å². The van der Waals surface area contributed by atoms with Crippen LogP contribution in [0.5, 0.6) is 0 Å². The third-order valence-corrected chi connectivity index (χ3v) is 3.42. The smallest absolute Gasteiger partial charge is 0.337 e. The fourth-order valence-electron chi connectivity index (χ4n) is 1.21. The number of carbonyl (C=O) groups excluding carboxylic acids is 1. The molecule has 1 aromatic heterocycles. The van der Waals surface area contributed by atoms with Crippen molar-refractivity contribution in [2.45, 2.75) is 33.2 Å². The van der Waals surface area contributed by atoms with E-state index in [-0.39, 0.29) is 11.5 Å². The number of anilines is 1. The van der Waals surface area contributed by atoms with Gasteiger partial charge in [-0.05, 0) is 33.8 Å². The van der Waals surface area contributed by atoms with E-state index in [9.17, 15) is 9.59 Å². The molecule has 0 unspecified atom stereocenters. The summed E-state index contributed by atoms with van der Waals surface area (Å²) in [6, 6.07) is 1.35. The summed E-state index contributed by atoms with van der Waals surface area (Å²) in [5.41, 5.74) is 4.80. The van der Waals surface area contributed by atoms with Crippen molar-refractivity contribution in [3.63, 3.8) is 0 Å². The Hall–Kier alpha value is -1.95. The molecule has 1 amide bonds. The Balaban J connectivity index is 2.95. The summed E-state index contributed by atoms with van der Waals surface area (Å²) in [6.45, 7) is 6.99. The summed E-state index contributed by atoms with van der Waals surface area (Å²) < 4.78 is 0. The molecule has 0 aromatic carbocycles. The topological polar surface area (TPSA) is 105 Å².